The van der Waals surface area contributed by atoms with E-state index in [0.29, 0.717) is 13.0 Å². The lowest BCUT2D eigenvalue weighted by molar-refractivity contribution is -0.122. The maximum Gasteiger partial charge on any atom is 0.261 e. The molecule has 1 aromatic rings. The number of amides is 1. The van der Waals surface area contributed by atoms with Gasteiger partial charge in [-0.3, -0.25) is 4.79 Å². The van der Waals surface area contributed by atoms with Crippen LogP contribution in [0.3, 0.4) is 0 Å². The van der Waals surface area contributed by atoms with Gasteiger partial charge in [0, 0.05) is 13.6 Å². The Balaban J connectivity index is 2.21. The van der Waals surface area contributed by atoms with Gasteiger partial charge in [0.05, 0.1) is 6.33 Å². The maximum atomic E-state index is 12.1. The molecule has 0 aliphatic carbocycles. The Morgan fingerprint density at radius 3 is 2.89 bits per heavy atom. The number of hydrogen-bond donors (Lipinski definition) is 2. The largest absolute Gasteiger partial charge is 0.355 e. The predicted octanol–water partition coefficient (Wildman–Crippen LogP) is 0.0205. The molecule has 0 aromatic carbocycles. The van der Waals surface area contributed by atoms with E-state index in [4.69, 9.17) is 11.6 Å². The number of hydrogen-bond acceptors (Lipinski definition) is 4. The molecule has 1 fully saturated rings. The fourth-order valence-electron chi connectivity index (χ4n) is 1.87. The molecule has 19 heavy (non-hydrogen) atoms. The first-order valence-electron chi connectivity index (χ1n) is 5.88. The Morgan fingerprint density at radius 1 is 1.53 bits per heavy atom. The molecular weight excluding hydrogens is 292 g/mol. The molecule has 2 heterocycles. The third-order valence-electron chi connectivity index (χ3n) is 2.92. The highest BCUT2D eigenvalue weighted by atomic mass is 35.5. The highest BCUT2D eigenvalue weighted by Crippen LogP contribution is 2.19. The van der Waals surface area contributed by atoms with E-state index in [1.165, 1.54) is 10.9 Å². The van der Waals surface area contributed by atoms with Gasteiger partial charge in [-0.05, 0) is 19.3 Å². The first-order valence-corrected chi connectivity index (χ1v) is 7.75. The zero-order chi connectivity index (χ0) is 14.0. The molecule has 0 unspecified atom stereocenters. The first kappa shape index (κ1) is 14.3. The van der Waals surface area contributed by atoms with Gasteiger partial charge < -0.3 is 9.88 Å². The third kappa shape index (κ3) is 3.07. The van der Waals surface area contributed by atoms with Gasteiger partial charge in [0.2, 0.25) is 10.9 Å². The first-order chi connectivity index (χ1) is 8.92. The highest BCUT2D eigenvalue weighted by Gasteiger charge is 2.29. The third-order valence-corrected chi connectivity index (χ3v) is 4.88. The predicted molar refractivity (Wildman–Crippen MR) is 69.2 cm³/mol. The molecule has 1 saturated heterocycles. The van der Waals surface area contributed by atoms with E-state index < -0.39 is 16.1 Å². The summed E-state index contributed by atoms with van der Waals surface area (Å²) in [5, 5.41) is 2.42. The number of carbonyl (C=O) groups excluding carboxylic acids is 1. The number of aromatic nitrogens is 2. The van der Waals surface area contributed by atoms with E-state index in [1.807, 2.05) is 0 Å². The van der Waals surface area contributed by atoms with Crippen LogP contribution in [0.15, 0.2) is 11.4 Å². The van der Waals surface area contributed by atoms with Crippen molar-refractivity contribution < 1.29 is 13.2 Å². The summed E-state index contributed by atoms with van der Waals surface area (Å²) >= 11 is 5.86. The second-order valence-electron chi connectivity index (χ2n) is 4.41. The van der Waals surface area contributed by atoms with Crippen molar-refractivity contribution in [1.82, 2.24) is 19.6 Å². The van der Waals surface area contributed by atoms with Crippen LogP contribution < -0.4 is 10.0 Å². The molecule has 1 atom stereocenters. The Morgan fingerprint density at radius 2 is 2.26 bits per heavy atom. The van der Waals surface area contributed by atoms with Gasteiger partial charge in [0.15, 0.2) is 0 Å². The van der Waals surface area contributed by atoms with Crippen LogP contribution in [0, 0.1) is 0 Å². The molecule has 2 N–H and O–H groups in total. The number of rotatable bonds is 3. The van der Waals surface area contributed by atoms with Crippen LogP contribution in [-0.2, 0) is 21.9 Å². The van der Waals surface area contributed by atoms with E-state index in [1.54, 1.807) is 7.05 Å². The second-order valence-corrected chi connectivity index (χ2v) is 6.40. The van der Waals surface area contributed by atoms with E-state index in [2.05, 4.69) is 15.0 Å². The summed E-state index contributed by atoms with van der Waals surface area (Å²) in [6.07, 6.45) is 3.40. The van der Waals surface area contributed by atoms with E-state index in [0.717, 1.165) is 12.8 Å². The monoisotopic (exact) mass is 306 g/mol. The average Bonchev–Trinajstić information content (AvgIpc) is 2.56. The molecule has 1 amide bonds. The summed E-state index contributed by atoms with van der Waals surface area (Å²) in [6.45, 7) is 0.571. The zero-order valence-corrected chi connectivity index (χ0v) is 12.0. The molecule has 2 rings (SSSR count). The Kier molecular flexibility index (Phi) is 4.12. The summed E-state index contributed by atoms with van der Waals surface area (Å²) in [6, 6.07) is -0.773. The Labute approximate surface area is 116 Å². The molecular formula is C10H15ClN4O3S. The number of imidazole rings is 1. The van der Waals surface area contributed by atoms with Crippen LogP contribution in [0.4, 0.5) is 0 Å². The molecule has 106 valence electrons. The van der Waals surface area contributed by atoms with Crippen molar-refractivity contribution in [1.29, 1.82) is 0 Å². The quantitative estimate of drug-likeness (QED) is 0.823. The number of aryl methyl sites for hydroxylation is 1. The molecule has 1 aliphatic rings. The van der Waals surface area contributed by atoms with Gasteiger partial charge in [-0.25, -0.2) is 13.4 Å². The SMILES string of the molecule is Cn1cnc(S(=O)(=O)N[C@@H]2CCCCNC2=O)c1Cl. The van der Waals surface area contributed by atoms with Gasteiger partial charge >= 0.3 is 0 Å². The molecule has 0 radical (unpaired) electrons. The van der Waals surface area contributed by atoms with Crippen LogP contribution in [0.2, 0.25) is 5.15 Å². The minimum absolute atomic E-state index is 0.0153. The summed E-state index contributed by atoms with van der Waals surface area (Å²) < 4.78 is 28.0. The van der Waals surface area contributed by atoms with Gasteiger partial charge in [-0.15, -0.1) is 0 Å². The van der Waals surface area contributed by atoms with E-state index in [-0.39, 0.29) is 16.1 Å². The number of nitrogens with zero attached hydrogens (tertiary/aromatic N) is 2. The van der Waals surface area contributed by atoms with Crippen molar-refractivity contribution >= 4 is 27.5 Å². The molecule has 0 bridgehead atoms. The lowest BCUT2D eigenvalue weighted by Gasteiger charge is -2.14. The molecule has 1 aromatic heterocycles. The molecule has 0 saturated carbocycles. The van der Waals surface area contributed by atoms with Crippen molar-refractivity contribution in [3.05, 3.63) is 11.5 Å². The molecule has 1 aliphatic heterocycles. The number of halogens is 1. The molecule has 7 nitrogen and oxygen atoms in total. The van der Waals surface area contributed by atoms with Crippen LogP contribution in [0.1, 0.15) is 19.3 Å². The fraction of sp³-hybridized carbons (Fsp3) is 0.600. The smallest absolute Gasteiger partial charge is 0.261 e. The topological polar surface area (TPSA) is 93.1 Å². The minimum atomic E-state index is -3.89. The van der Waals surface area contributed by atoms with Crippen LogP contribution in [0.25, 0.3) is 0 Å². The summed E-state index contributed by atoms with van der Waals surface area (Å²) in [4.78, 5) is 15.5. The van der Waals surface area contributed by atoms with Gasteiger partial charge in [0.1, 0.15) is 11.2 Å². The maximum absolute atomic E-state index is 12.1. The van der Waals surface area contributed by atoms with Crippen molar-refractivity contribution in [3.63, 3.8) is 0 Å². The van der Waals surface area contributed by atoms with E-state index in [9.17, 15) is 13.2 Å². The Bertz CT molecular complexity index is 584. The summed E-state index contributed by atoms with van der Waals surface area (Å²) in [5.74, 6) is -0.312. The summed E-state index contributed by atoms with van der Waals surface area (Å²) in [7, 11) is -2.30. The van der Waals surface area contributed by atoms with Gasteiger partial charge in [-0.1, -0.05) is 11.6 Å². The second kappa shape index (κ2) is 5.48. The van der Waals surface area contributed by atoms with Gasteiger partial charge in [-0.2, -0.15) is 4.72 Å². The van der Waals surface area contributed by atoms with Crippen molar-refractivity contribution in [2.24, 2.45) is 7.05 Å². The van der Waals surface area contributed by atoms with Gasteiger partial charge in [0.25, 0.3) is 10.0 Å². The molecule has 0 spiro atoms. The van der Waals surface area contributed by atoms with Crippen molar-refractivity contribution in [2.75, 3.05) is 6.54 Å². The van der Waals surface area contributed by atoms with Crippen molar-refractivity contribution in [3.8, 4) is 0 Å². The van der Waals surface area contributed by atoms with Crippen LogP contribution >= 0.6 is 11.6 Å². The zero-order valence-electron chi connectivity index (χ0n) is 10.4. The number of carbonyl (C=O) groups is 1. The number of nitrogens with one attached hydrogen (secondary N) is 2. The fourth-order valence-corrected chi connectivity index (χ4v) is 3.53. The average molecular weight is 307 g/mol. The van der Waals surface area contributed by atoms with Crippen molar-refractivity contribution in [2.45, 2.75) is 30.3 Å². The lowest BCUT2D eigenvalue weighted by Crippen LogP contribution is -2.45. The van der Waals surface area contributed by atoms with E-state index >= 15 is 0 Å². The lowest BCUT2D eigenvalue weighted by atomic mass is 10.1. The Hall–Kier alpha value is -1.12. The highest BCUT2D eigenvalue weighted by molar-refractivity contribution is 7.89. The molecule has 9 heteroatoms. The van der Waals surface area contributed by atoms with Crippen LogP contribution in [0.5, 0.6) is 0 Å². The summed E-state index contributed by atoms with van der Waals surface area (Å²) in [5.41, 5.74) is 0. The standard InChI is InChI=1S/C10H15ClN4O3S/c1-15-6-13-10(8(15)11)19(17,18)14-7-4-2-3-5-12-9(7)16/h6-7,14H,2-5H2,1H3,(H,12,16)/t7-/m1/s1. The normalized spacial score (nSPS) is 20.9. The number of sulfonamides is 1. The van der Waals surface area contributed by atoms with Crippen LogP contribution in [-0.4, -0.2) is 36.5 Å². The minimum Gasteiger partial charge on any atom is -0.355 e.